The van der Waals surface area contributed by atoms with Gasteiger partial charge in [-0.15, -0.1) is 0 Å². The van der Waals surface area contributed by atoms with Gasteiger partial charge >= 0.3 is 0 Å². The molecule has 2 nitrogen and oxygen atoms in total. The predicted molar refractivity (Wildman–Crippen MR) is 64.9 cm³/mol. The van der Waals surface area contributed by atoms with E-state index in [-0.39, 0.29) is 5.60 Å². The van der Waals surface area contributed by atoms with Crippen molar-refractivity contribution < 1.29 is 4.84 Å². The van der Waals surface area contributed by atoms with Gasteiger partial charge in [-0.3, -0.25) is 4.84 Å². The fourth-order valence-corrected chi connectivity index (χ4v) is 4.45. The van der Waals surface area contributed by atoms with Gasteiger partial charge in [0.2, 0.25) is 0 Å². The molecule has 2 saturated carbocycles. The summed E-state index contributed by atoms with van der Waals surface area (Å²) in [4.78, 5) is 6.09. The van der Waals surface area contributed by atoms with Crippen LogP contribution in [0.15, 0.2) is 0 Å². The summed E-state index contributed by atoms with van der Waals surface area (Å²) >= 11 is 0. The number of nitrogens with one attached hydrogen (secondary N) is 1. The van der Waals surface area contributed by atoms with Crippen molar-refractivity contribution in [3.8, 4) is 0 Å². The molecule has 0 aromatic rings. The molecule has 0 amide bonds. The quantitative estimate of drug-likeness (QED) is 0.680. The average Bonchev–Trinajstić information content (AvgIpc) is 2.53. The van der Waals surface area contributed by atoms with Crippen molar-refractivity contribution in [1.82, 2.24) is 5.48 Å². The molecule has 92 valence electrons. The van der Waals surface area contributed by atoms with E-state index >= 15 is 0 Å². The summed E-state index contributed by atoms with van der Waals surface area (Å²) in [7, 11) is 0. The van der Waals surface area contributed by atoms with E-state index in [2.05, 4.69) is 33.2 Å². The second-order valence-corrected chi connectivity index (χ2v) is 7.63. The summed E-state index contributed by atoms with van der Waals surface area (Å²) in [6.45, 7) is 9.68. The molecule has 3 aliphatic rings. The monoisotopic (exact) mass is 223 g/mol. The minimum Gasteiger partial charge on any atom is -0.295 e. The van der Waals surface area contributed by atoms with Gasteiger partial charge in [0.1, 0.15) is 0 Å². The van der Waals surface area contributed by atoms with Crippen LogP contribution in [0.4, 0.5) is 0 Å². The van der Waals surface area contributed by atoms with E-state index in [1.807, 2.05) is 0 Å². The van der Waals surface area contributed by atoms with Gasteiger partial charge in [-0.2, -0.15) is 5.48 Å². The van der Waals surface area contributed by atoms with Crippen molar-refractivity contribution >= 4 is 0 Å². The summed E-state index contributed by atoms with van der Waals surface area (Å²) in [6.07, 6.45) is 6.51. The third-order valence-electron chi connectivity index (χ3n) is 5.63. The van der Waals surface area contributed by atoms with Crippen LogP contribution in [0.5, 0.6) is 0 Å². The Bertz CT molecular complexity index is 310. The number of rotatable bonds is 0. The van der Waals surface area contributed by atoms with Gasteiger partial charge in [0.25, 0.3) is 0 Å². The lowest BCUT2D eigenvalue weighted by Gasteiger charge is -2.54. The second kappa shape index (κ2) is 3.02. The van der Waals surface area contributed by atoms with E-state index in [1.165, 1.54) is 32.1 Å². The molecule has 16 heavy (non-hydrogen) atoms. The van der Waals surface area contributed by atoms with Crippen molar-refractivity contribution in [2.75, 3.05) is 0 Å². The normalized spacial score (nSPS) is 48.8. The highest BCUT2D eigenvalue weighted by Crippen LogP contribution is 2.60. The Morgan fingerprint density at radius 3 is 2.50 bits per heavy atom. The Balaban J connectivity index is 1.99. The Morgan fingerprint density at radius 1 is 1.00 bits per heavy atom. The lowest BCUT2D eigenvalue weighted by Crippen LogP contribution is -2.54. The summed E-state index contributed by atoms with van der Waals surface area (Å²) in [5.74, 6) is 0.731. The Kier molecular flexibility index (Phi) is 2.09. The summed E-state index contributed by atoms with van der Waals surface area (Å²) in [5.41, 5.74) is 4.34. The van der Waals surface area contributed by atoms with E-state index in [0.29, 0.717) is 16.9 Å². The first-order valence-electron chi connectivity index (χ1n) is 6.79. The Labute approximate surface area is 99.1 Å². The van der Waals surface area contributed by atoms with Gasteiger partial charge < -0.3 is 0 Å². The van der Waals surface area contributed by atoms with E-state index in [1.54, 1.807) is 0 Å². The number of fused-ring (bicyclic) bond motifs is 1. The molecule has 3 atom stereocenters. The molecular weight excluding hydrogens is 198 g/mol. The molecule has 3 fully saturated rings. The van der Waals surface area contributed by atoms with Gasteiger partial charge in [-0.05, 0) is 48.9 Å². The predicted octanol–water partition coefficient (Wildman–Crippen LogP) is 3.27. The molecule has 1 spiro atoms. The van der Waals surface area contributed by atoms with Crippen LogP contribution >= 0.6 is 0 Å². The fraction of sp³-hybridized carbons (Fsp3) is 1.00. The highest BCUT2D eigenvalue weighted by molar-refractivity contribution is 5.11. The molecule has 1 N–H and O–H groups in total. The minimum atomic E-state index is 0.169. The standard InChI is InChI=1S/C14H25NO/c1-12(2)6-5-7-14-9-11(15-16-14)13(3,4)8-10(12)14/h10-11,15H,5-9H2,1-4H3. The first kappa shape index (κ1) is 11.0. The largest absolute Gasteiger partial charge is 0.295 e. The molecular formula is C14H25NO. The third kappa shape index (κ3) is 1.32. The lowest BCUT2D eigenvalue weighted by atomic mass is 9.51. The van der Waals surface area contributed by atoms with Crippen LogP contribution in [0.3, 0.4) is 0 Å². The molecule has 1 aliphatic heterocycles. The molecule has 3 unspecified atom stereocenters. The van der Waals surface area contributed by atoms with Crippen LogP contribution in [0.25, 0.3) is 0 Å². The smallest absolute Gasteiger partial charge is 0.0946 e. The molecule has 2 aliphatic carbocycles. The number of hydrogen-bond acceptors (Lipinski definition) is 2. The van der Waals surface area contributed by atoms with Crippen molar-refractivity contribution in [3.05, 3.63) is 0 Å². The highest BCUT2D eigenvalue weighted by Gasteiger charge is 2.61. The first-order chi connectivity index (χ1) is 7.36. The lowest BCUT2D eigenvalue weighted by molar-refractivity contribution is -0.149. The summed E-state index contributed by atoms with van der Waals surface area (Å²) < 4.78 is 0. The number of hydroxylamine groups is 1. The van der Waals surface area contributed by atoms with E-state index in [9.17, 15) is 0 Å². The third-order valence-corrected chi connectivity index (χ3v) is 5.63. The van der Waals surface area contributed by atoms with Crippen LogP contribution in [0.1, 0.15) is 59.8 Å². The molecule has 0 radical (unpaired) electrons. The zero-order chi connectivity index (χ0) is 11.6. The van der Waals surface area contributed by atoms with E-state index < -0.39 is 0 Å². The van der Waals surface area contributed by atoms with Crippen LogP contribution in [0, 0.1) is 16.7 Å². The maximum absolute atomic E-state index is 6.09. The molecule has 2 heteroatoms. The Morgan fingerprint density at radius 2 is 1.75 bits per heavy atom. The van der Waals surface area contributed by atoms with E-state index in [0.717, 1.165) is 5.92 Å². The molecule has 0 aromatic carbocycles. The topological polar surface area (TPSA) is 21.3 Å². The molecule has 3 rings (SSSR count). The van der Waals surface area contributed by atoms with Crippen molar-refractivity contribution in [2.24, 2.45) is 16.7 Å². The molecule has 1 heterocycles. The zero-order valence-electron chi connectivity index (χ0n) is 11.1. The second-order valence-electron chi connectivity index (χ2n) is 7.63. The van der Waals surface area contributed by atoms with Crippen molar-refractivity contribution in [3.63, 3.8) is 0 Å². The molecule has 1 saturated heterocycles. The van der Waals surface area contributed by atoms with Crippen molar-refractivity contribution in [2.45, 2.75) is 71.4 Å². The summed E-state index contributed by atoms with van der Waals surface area (Å²) in [5, 5.41) is 0. The minimum absolute atomic E-state index is 0.169. The van der Waals surface area contributed by atoms with Gasteiger partial charge in [0, 0.05) is 6.04 Å². The van der Waals surface area contributed by atoms with Gasteiger partial charge in [0.15, 0.2) is 0 Å². The number of hydrogen-bond donors (Lipinski definition) is 1. The molecule has 0 aromatic heterocycles. The maximum atomic E-state index is 6.09. The van der Waals surface area contributed by atoms with Crippen molar-refractivity contribution in [1.29, 1.82) is 0 Å². The van der Waals surface area contributed by atoms with Crippen LogP contribution in [0.2, 0.25) is 0 Å². The Hall–Kier alpha value is -0.0800. The fourth-order valence-electron chi connectivity index (χ4n) is 4.45. The van der Waals surface area contributed by atoms with Gasteiger partial charge in [-0.1, -0.05) is 27.7 Å². The summed E-state index contributed by atoms with van der Waals surface area (Å²) in [6, 6.07) is 0.567. The molecule has 2 bridgehead atoms. The van der Waals surface area contributed by atoms with Gasteiger partial charge in [-0.25, -0.2) is 0 Å². The van der Waals surface area contributed by atoms with E-state index in [4.69, 9.17) is 4.84 Å². The van der Waals surface area contributed by atoms with Crippen LogP contribution in [-0.2, 0) is 4.84 Å². The maximum Gasteiger partial charge on any atom is 0.0946 e. The van der Waals surface area contributed by atoms with Gasteiger partial charge in [0.05, 0.1) is 5.60 Å². The zero-order valence-corrected chi connectivity index (χ0v) is 11.1. The highest BCUT2D eigenvalue weighted by atomic mass is 16.7. The van der Waals surface area contributed by atoms with Crippen LogP contribution < -0.4 is 5.48 Å². The van der Waals surface area contributed by atoms with Crippen LogP contribution in [-0.4, -0.2) is 11.6 Å². The SMILES string of the molecule is CC1(C)CC2C(C)(C)CCCC23CC1NO3. The average molecular weight is 223 g/mol. The first-order valence-corrected chi connectivity index (χ1v) is 6.79.